The topological polar surface area (TPSA) is 48.9 Å². The zero-order valence-electron chi connectivity index (χ0n) is 16.6. The fourth-order valence-corrected chi connectivity index (χ4v) is 2.57. The van der Waals surface area contributed by atoms with Crippen LogP contribution >= 0.6 is 24.0 Å². The molecule has 0 spiro atoms. The second-order valence-corrected chi connectivity index (χ2v) is 7.40. The van der Waals surface area contributed by atoms with Gasteiger partial charge in [-0.2, -0.15) is 0 Å². The summed E-state index contributed by atoms with van der Waals surface area (Å²) in [5, 5.41) is 6.74. The number of hydrogen-bond donors (Lipinski definition) is 2. The first kappa shape index (κ1) is 25.2. The predicted octanol–water partition coefficient (Wildman–Crippen LogP) is 2.95. The van der Waals surface area contributed by atoms with E-state index in [4.69, 9.17) is 4.74 Å². The number of rotatable bonds is 8. The van der Waals surface area contributed by atoms with Crippen LogP contribution in [0.3, 0.4) is 0 Å². The van der Waals surface area contributed by atoms with Crippen LogP contribution in [0.4, 0.5) is 0 Å². The van der Waals surface area contributed by atoms with Gasteiger partial charge in [0.05, 0.1) is 6.10 Å². The third-order valence-corrected chi connectivity index (χ3v) is 3.92. The van der Waals surface area contributed by atoms with Gasteiger partial charge in [0.15, 0.2) is 5.96 Å². The predicted molar refractivity (Wildman–Crippen MR) is 112 cm³/mol. The molecule has 2 N–H and O–H groups in total. The molecule has 0 radical (unpaired) electrons. The molecular formula is C17H39IN4O. The fourth-order valence-electron chi connectivity index (χ4n) is 2.57. The van der Waals surface area contributed by atoms with E-state index in [2.05, 4.69) is 69.0 Å². The minimum absolute atomic E-state index is 0. The Morgan fingerprint density at radius 2 is 1.61 bits per heavy atom. The Morgan fingerprint density at radius 1 is 1.09 bits per heavy atom. The van der Waals surface area contributed by atoms with E-state index in [1.165, 1.54) is 0 Å². The molecule has 0 rings (SSSR count). The minimum atomic E-state index is 0. The molecule has 0 heterocycles. The number of hydrogen-bond acceptors (Lipinski definition) is 3. The van der Waals surface area contributed by atoms with Crippen LogP contribution in [0, 0.1) is 5.41 Å². The lowest BCUT2D eigenvalue weighted by Gasteiger charge is -2.31. The zero-order valence-corrected chi connectivity index (χ0v) is 18.9. The number of nitrogens with one attached hydrogen (secondary N) is 2. The van der Waals surface area contributed by atoms with Gasteiger partial charge in [-0.25, -0.2) is 0 Å². The van der Waals surface area contributed by atoms with E-state index in [1.54, 1.807) is 14.2 Å². The molecule has 23 heavy (non-hydrogen) atoms. The molecule has 5 nitrogen and oxygen atoms in total. The second kappa shape index (κ2) is 12.3. The third-order valence-electron chi connectivity index (χ3n) is 3.92. The maximum absolute atomic E-state index is 5.56. The number of nitrogens with zero attached hydrogens (tertiary/aromatic N) is 2. The molecule has 1 unspecified atom stereocenters. The first-order valence-corrected chi connectivity index (χ1v) is 8.36. The lowest BCUT2D eigenvalue weighted by Crippen LogP contribution is -2.48. The van der Waals surface area contributed by atoms with Crippen molar-refractivity contribution in [2.75, 3.05) is 33.8 Å². The van der Waals surface area contributed by atoms with E-state index >= 15 is 0 Å². The summed E-state index contributed by atoms with van der Waals surface area (Å²) >= 11 is 0. The molecule has 0 aromatic carbocycles. The van der Waals surface area contributed by atoms with Crippen LogP contribution in [0.5, 0.6) is 0 Å². The third kappa shape index (κ3) is 10.4. The highest BCUT2D eigenvalue weighted by Gasteiger charge is 2.24. The fraction of sp³-hybridized carbons (Fsp3) is 0.941. The molecule has 0 saturated carbocycles. The van der Waals surface area contributed by atoms with Gasteiger partial charge >= 0.3 is 0 Å². The molecule has 0 amide bonds. The van der Waals surface area contributed by atoms with Gasteiger partial charge in [-0.05, 0) is 33.1 Å². The Bertz CT molecular complexity index is 319. The van der Waals surface area contributed by atoms with E-state index in [-0.39, 0.29) is 35.5 Å². The summed E-state index contributed by atoms with van der Waals surface area (Å²) in [6.07, 6.45) is 0.147. The number of methoxy groups -OCH3 is 1. The van der Waals surface area contributed by atoms with Crippen molar-refractivity contribution >= 4 is 29.9 Å². The van der Waals surface area contributed by atoms with Gasteiger partial charge in [0, 0.05) is 45.9 Å². The van der Waals surface area contributed by atoms with Gasteiger partial charge in [0.2, 0.25) is 0 Å². The van der Waals surface area contributed by atoms with Crippen molar-refractivity contribution in [3.05, 3.63) is 0 Å². The van der Waals surface area contributed by atoms with Crippen molar-refractivity contribution in [1.82, 2.24) is 15.5 Å². The lowest BCUT2D eigenvalue weighted by molar-refractivity contribution is 0.0205. The summed E-state index contributed by atoms with van der Waals surface area (Å²) in [5.74, 6) is 0.832. The number of halogens is 1. The van der Waals surface area contributed by atoms with Gasteiger partial charge in [0.25, 0.3) is 0 Å². The van der Waals surface area contributed by atoms with E-state index in [0.717, 1.165) is 25.6 Å². The first-order valence-electron chi connectivity index (χ1n) is 8.36. The molecule has 1 atom stereocenters. The van der Waals surface area contributed by atoms with Gasteiger partial charge in [-0.3, -0.25) is 9.89 Å². The lowest BCUT2D eigenvalue weighted by atomic mass is 9.89. The van der Waals surface area contributed by atoms with Crippen molar-refractivity contribution in [2.45, 2.75) is 66.7 Å². The smallest absolute Gasteiger partial charge is 0.191 e. The SMILES string of the molecule is CN=C(NCCN(C(C)C)C(C)C)NCC(OC)C(C)(C)C.I. The average Bonchev–Trinajstić information content (AvgIpc) is 2.39. The van der Waals surface area contributed by atoms with Crippen LogP contribution in [0.2, 0.25) is 0 Å². The maximum atomic E-state index is 5.56. The van der Waals surface area contributed by atoms with Crippen LogP contribution in [0.1, 0.15) is 48.5 Å². The summed E-state index contributed by atoms with van der Waals surface area (Å²) in [7, 11) is 3.56. The van der Waals surface area contributed by atoms with Crippen LogP contribution < -0.4 is 10.6 Å². The van der Waals surface area contributed by atoms with Crippen LogP contribution in [0.15, 0.2) is 4.99 Å². The molecule has 140 valence electrons. The molecule has 0 fully saturated rings. The van der Waals surface area contributed by atoms with E-state index in [9.17, 15) is 0 Å². The molecule has 0 bridgehead atoms. The maximum Gasteiger partial charge on any atom is 0.191 e. The normalized spacial score (nSPS) is 14.2. The van der Waals surface area contributed by atoms with Gasteiger partial charge in [0.1, 0.15) is 0 Å². The van der Waals surface area contributed by atoms with Crippen LogP contribution in [-0.2, 0) is 4.74 Å². The Balaban J connectivity index is 0. The van der Waals surface area contributed by atoms with Crippen molar-refractivity contribution in [3.8, 4) is 0 Å². The monoisotopic (exact) mass is 442 g/mol. The summed E-state index contributed by atoms with van der Waals surface area (Å²) in [4.78, 5) is 6.75. The van der Waals surface area contributed by atoms with E-state index in [1.807, 2.05) is 0 Å². The highest BCUT2D eigenvalue weighted by molar-refractivity contribution is 14.0. The quantitative estimate of drug-likeness (QED) is 0.345. The highest BCUT2D eigenvalue weighted by Crippen LogP contribution is 2.20. The average molecular weight is 442 g/mol. The summed E-state index contributed by atoms with van der Waals surface area (Å²) in [5.41, 5.74) is 0.104. The molecule has 0 aromatic heterocycles. The Labute approximate surface area is 161 Å². The molecule has 0 aliphatic carbocycles. The molecular weight excluding hydrogens is 403 g/mol. The van der Waals surface area contributed by atoms with Crippen molar-refractivity contribution in [1.29, 1.82) is 0 Å². The summed E-state index contributed by atoms with van der Waals surface area (Å²) < 4.78 is 5.56. The number of ether oxygens (including phenoxy) is 1. The van der Waals surface area contributed by atoms with Gasteiger partial charge in [-0.1, -0.05) is 20.8 Å². The van der Waals surface area contributed by atoms with E-state index in [0.29, 0.717) is 12.1 Å². The van der Waals surface area contributed by atoms with Crippen molar-refractivity contribution < 1.29 is 4.74 Å². The van der Waals surface area contributed by atoms with Gasteiger partial charge in [-0.15, -0.1) is 24.0 Å². The Morgan fingerprint density at radius 3 is 1.96 bits per heavy atom. The molecule has 6 heteroatoms. The number of aliphatic imine (C=N–C) groups is 1. The largest absolute Gasteiger partial charge is 0.379 e. The Kier molecular flexibility index (Phi) is 13.5. The highest BCUT2D eigenvalue weighted by atomic mass is 127. The van der Waals surface area contributed by atoms with E-state index < -0.39 is 0 Å². The minimum Gasteiger partial charge on any atom is -0.379 e. The summed E-state index contributed by atoms with van der Waals surface area (Å²) in [6.45, 7) is 18.1. The summed E-state index contributed by atoms with van der Waals surface area (Å²) in [6, 6.07) is 1.10. The van der Waals surface area contributed by atoms with Crippen molar-refractivity contribution in [3.63, 3.8) is 0 Å². The van der Waals surface area contributed by atoms with Crippen LogP contribution in [0.25, 0.3) is 0 Å². The Hall–Kier alpha value is -0.0800. The molecule has 0 saturated heterocycles. The van der Waals surface area contributed by atoms with Gasteiger partial charge < -0.3 is 15.4 Å². The molecule has 0 aliphatic rings. The number of guanidine groups is 1. The van der Waals surface area contributed by atoms with Crippen LogP contribution in [-0.4, -0.2) is 62.8 Å². The first-order chi connectivity index (χ1) is 10.1. The zero-order chi connectivity index (χ0) is 17.3. The standard InChI is InChI=1S/C17H38N4O.HI/c1-13(2)21(14(3)4)11-10-19-16(18-8)20-12-15(22-9)17(5,6)7;/h13-15H,10-12H2,1-9H3,(H2,18,19,20);1H. The molecule has 0 aliphatic heterocycles. The molecule has 0 aromatic rings. The van der Waals surface area contributed by atoms with Crippen molar-refractivity contribution in [2.24, 2.45) is 10.4 Å². The second-order valence-electron chi connectivity index (χ2n) is 7.40.